The van der Waals surface area contributed by atoms with E-state index in [9.17, 15) is 0 Å². The molecule has 5 rings (SSSR count). The molecule has 0 bridgehead atoms. The van der Waals surface area contributed by atoms with Crippen LogP contribution in [0.4, 0.5) is 4.39 Å². The molecule has 0 amide bonds. The van der Waals surface area contributed by atoms with Crippen LogP contribution >= 0.6 is 0 Å². The van der Waals surface area contributed by atoms with Crippen LogP contribution in [0.5, 0.6) is 5.75 Å². The third-order valence-electron chi connectivity index (χ3n) is 7.23. The molecule has 0 radical (unpaired) electrons. The van der Waals surface area contributed by atoms with Crippen molar-refractivity contribution in [1.82, 2.24) is 24.9 Å². The van der Waals surface area contributed by atoms with E-state index in [0.29, 0.717) is 24.1 Å². The Morgan fingerprint density at radius 1 is 1.06 bits per heavy atom. The van der Waals surface area contributed by atoms with Gasteiger partial charge in [-0.15, -0.1) is 0 Å². The van der Waals surface area contributed by atoms with E-state index in [1.165, 1.54) is 11.6 Å². The molecule has 1 unspecified atom stereocenters. The normalized spacial score (nSPS) is 16.0. The highest BCUT2D eigenvalue weighted by Gasteiger charge is 2.29. The van der Waals surface area contributed by atoms with Crippen LogP contribution in [0.1, 0.15) is 61.3 Å². The van der Waals surface area contributed by atoms with Crippen LogP contribution < -0.4 is 4.74 Å². The number of piperidine rings is 1. The van der Waals surface area contributed by atoms with Crippen LogP contribution in [0.15, 0.2) is 48.5 Å². The van der Waals surface area contributed by atoms with Crippen molar-refractivity contribution in [3.63, 3.8) is 0 Å². The number of ether oxygens (including phenoxy) is 1. The number of hydrogen-bond acceptors (Lipinski definition) is 5. The van der Waals surface area contributed by atoms with Crippen molar-refractivity contribution < 1.29 is 9.13 Å². The molecule has 6 nitrogen and oxygen atoms in total. The summed E-state index contributed by atoms with van der Waals surface area (Å²) in [7, 11) is 0. The first-order valence-corrected chi connectivity index (χ1v) is 12.4. The van der Waals surface area contributed by atoms with Crippen molar-refractivity contribution in [2.45, 2.75) is 52.5 Å². The van der Waals surface area contributed by atoms with E-state index in [0.717, 1.165) is 53.9 Å². The van der Waals surface area contributed by atoms with Crippen molar-refractivity contribution in [1.29, 1.82) is 0 Å². The van der Waals surface area contributed by atoms with Gasteiger partial charge in [0.1, 0.15) is 17.0 Å². The van der Waals surface area contributed by atoms with Gasteiger partial charge in [-0.3, -0.25) is 4.90 Å². The molecule has 1 saturated heterocycles. The lowest BCUT2D eigenvalue weighted by molar-refractivity contribution is 0.161. The summed E-state index contributed by atoms with van der Waals surface area (Å²) < 4.78 is 22.1. The molecule has 3 heterocycles. The summed E-state index contributed by atoms with van der Waals surface area (Å²) in [5, 5.41) is 14.9. The molecule has 0 N–H and O–H groups in total. The first kappa shape index (κ1) is 23.4. The van der Waals surface area contributed by atoms with Gasteiger partial charge in [0.25, 0.3) is 0 Å². The van der Waals surface area contributed by atoms with Gasteiger partial charge in [-0.05, 0) is 71.3 Å². The molecule has 0 saturated carbocycles. The molecule has 7 heteroatoms. The Hall–Kier alpha value is -3.32. The molecule has 1 fully saturated rings. The number of hydrogen-bond donors (Lipinski definition) is 0. The molecule has 182 valence electrons. The third kappa shape index (κ3) is 4.41. The molecule has 1 aliphatic rings. The maximum absolute atomic E-state index is 15.0. The second-order valence-electron chi connectivity index (χ2n) is 9.33. The van der Waals surface area contributed by atoms with Crippen molar-refractivity contribution in [3.8, 4) is 11.4 Å². The Kier molecular flexibility index (Phi) is 6.52. The Balaban J connectivity index is 1.44. The van der Waals surface area contributed by atoms with Crippen molar-refractivity contribution in [2.24, 2.45) is 0 Å². The highest BCUT2D eigenvalue weighted by Crippen LogP contribution is 2.36. The van der Waals surface area contributed by atoms with Gasteiger partial charge in [-0.2, -0.15) is 15.3 Å². The Morgan fingerprint density at radius 2 is 1.80 bits per heavy atom. The smallest absolute Gasteiger partial charge is 0.152 e. The fourth-order valence-electron chi connectivity index (χ4n) is 5.27. The number of aromatic nitrogens is 4. The van der Waals surface area contributed by atoms with Gasteiger partial charge >= 0.3 is 0 Å². The Bertz CT molecular complexity index is 1330. The number of fused-ring (bicyclic) bond motifs is 1. The lowest BCUT2D eigenvalue weighted by Gasteiger charge is -2.36. The fourth-order valence-corrected chi connectivity index (χ4v) is 5.27. The van der Waals surface area contributed by atoms with Crippen molar-refractivity contribution in [3.05, 3.63) is 77.0 Å². The van der Waals surface area contributed by atoms with Gasteiger partial charge in [0.2, 0.25) is 0 Å². The van der Waals surface area contributed by atoms with Crippen molar-refractivity contribution >= 4 is 10.9 Å². The van der Waals surface area contributed by atoms with Crippen LogP contribution in [-0.2, 0) is 0 Å². The molecule has 35 heavy (non-hydrogen) atoms. The van der Waals surface area contributed by atoms with E-state index in [4.69, 9.17) is 9.84 Å². The third-order valence-corrected chi connectivity index (χ3v) is 7.23. The summed E-state index contributed by atoms with van der Waals surface area (Å²) in [6, 6.07) is 15.9. The van der Waals surface area contributed by atoms with Crippen LogP contribution in [0.3, 0.4) is 0 Å². The van der Waals surface area contributed by atoms with Crippen LogP contribution in [-0.4, -0.2) is 44.6 Å². The van der Waals surface area contributed by atoms with Crippen LogP contribution in [0, 0.1) is 19.7 Å². The minimum absolute atomic E-state index is 0.276. The van der Waals surface area contributed by atoms with Gasteiger partial charge in [-0.25, -0.2) is 9.07 Å². The molecule has 1 atom stereocenters. The first-order chi connectivity index (χ1) is 17.0. The van der Waals surface area contributed by atoms with Gasteiger partial charge < -0.3 is 4.74 Å². The predicted octanol–water partition coefficient (Wildman–Crippen LogP) is 5.91. The largest absolute Gasteiger partial charge is 0.494 e. The summed E-state index contributed by atoms with van der Waals surface area (Å²) in [6.45, 7) is 10.5. The number of nitrogens with zero attached hydrogens (tertiary/aromatic N) is 5. The van der Waals surface area contributed by atoms with E-state index in [1.807, 2.05) is 20.8 Å². The zero-order valence-electron chi connectivity index (χ0n) is 20.8. The summed E-state index contributed by atoms with van der Waals surface area (Å²) in [4.78, 5) is 2.53. The van der Waals surface area contributed by atoms with Gasteiger partial charge in [0.05, 0.1) is 23.7 Å². The molecule has 2 aromatic carbocycles. The molecule has 2 aromatic heterocycles. The van der Waals surface area contributed by atoms with E-state index in [1.54, 1.807) is 16.8 Å². The number of aryl methyl sites for hydroxylation is 2. The maximum atomic E-state index is 15.0. The summed E-state index contributed by atoms with van der Waals surface area (Å²) >= 11 is 0. The SMILES string of the molecule is CCOc1ccc(-n2nc3c(C4CCN(C(C)c5ccccc5)CC4)nnc(C)c3c2C)c(F)c1. The topological polar surface area (TPSA) is 56.1 Å². The van der Waals surface area contributed by atoms with E-state index in [-0.39, 0.29) is 11.7 Å². The first-order valence-electron chi connectivity index (χ1n) is 12.4. The van der Waals surface area contributed by atoms with Gasteiger partial charge in [0, 0.05) is 23.4 Å². The average Bonchev–Trinajstić information content (AvgIpc) is 3.22. The standard InChI is InChI=1S/C28H32FN5O/c1-5-35-23-11-12-25(24(29)17-23)34-20(4)26-18(2)30-31-27(28(26)32-34)22-13-15-33(16-14-22)19(3)21-9-7-6-8-10-21/h6-12,17,19,22H,5,13-16H2,1-4H3. The average molecular weight is 474 g/mol. The van der Waals surface area contributed by atoms with Crippen LogP contribution in [0.25, 0.3) is 16.6 Å². The monoisotopic (exact) mass is 473 g/mol. The quantitative estimate of drug-likeness (QED) is 0.348. The van der Waals surface area contributed by atoms with E-state index >= 15 is 4.39 Å². The number of halogens is 1. The Labute approximate surface area is 205 Å². The lowest BCUT2D eigenvalue weighted by Crippen LogP contribution is -2.35. The zero-order chi connectivity index (χ0) is 24.5. The second-order valence-corrected chi connectivity index (χ2v) is 9.33. The summed E-state index contributed by atoms with van der Waals surface area (Å²) in [5.74, 6) is 0.424. The zero-order valence-corrected chi connectivity index (χ0v) is 20.8. The number of rotatable bonds is 6. The minimum Gasteiger partial charge on any atom is -0.494 e. The second kappa shape index (κ2) is 9.74. The van der Waals surface area contributed by atoms with Crippen molar-refractivity contribution in [2.75, 3.05) is 19.7 Å². The van der Waals surface area contributed by atoms with E-state index < -0.39 is 0 Å². The van der Waals surface area contributed by atoms with Gasteiger partial charge in [0.15, 0.2) is 5.82 Å². The van der Waals surface area contributed by atoms with Crippen LogP contribution in [0.2, 0.25) is 0 Å². The molecule has 0 spiro atoms. The lowest BCUT2D eigenvalue weighted by atomic mass is 9.90. The predicted molar refractivity (Wildman–Crippen MR) is 136 cm³/mol. The minimum atomic E-state index is -0.366. The number of benzene rings is 2. The molecular weight excluding hydrogens is 441 g/mol. The van der Waals surface area contributed by atoms with E-state index in [2.05, 4.69) is 52.4 Å². The van der Waals surface area contributed by atoms with Gasteiger partial charge in [-0.1, -0.05) is 30.3 Å². The fraction of sp³-hybridized carbons (Fsp3) is 0.393. The maximum Gasteiger partial charge on any atom is 0.152 e. The molecule has 4 aromatic rings. The highest BCUT2D eigenvalue weighted by molar-refractivity contribution is 5.86. The summed E-state index contributed by atoms with van der Waals surface area (Å²) in [5.41, 5.74) is 5.18. The molecular formula is C28H32FN5O. The molecule has 1 aliphatic heterocycles. The highest BCUT2D eigenvalue weighted by atomic mass is 19.1. The number of likely N-dealkylation sites (tertiary alicyclic amines) is 1. The molecule has 0 aliphatic carbocycles. The Morgan fingerprint density at radius 3 is 2.49 bits per heavy atom. The summed E-state index contributed by atoms with van der Waals surface area (Å²) in [6.07, 6.45) is 1.99.